The van der Waals surface area contributed by atoms with Crippen LogP contribution in [0.2, 0.25) is 0 Å². The van der Waals surface area contributed by atoms with Gasteiger partial charge in [-0.3, -0.25) is 0 Å². The minimum Gasteiger partial charge on any atom is -0.494 e. The van der Waals surface area contributed by atoms with E-state index in [0.29, 0.717) is 12.2 Å². The molecule has 1 N–H and O–H groups in total. The molecule has 0 bridgehead atoms. The van der Waals surface area contributed by atoms with Crippen molar-refractivity contribution in [3.05, 3.63) is 35.1 Å². The van der Waals surface area contributed by atoms with Gasteiger partial charge in [0.25, 0.3) is 0 Å². The Morgan fingerprint density at radius 1 is 1.64 bits per heavy atom. The van der Waals surface area contributed by atoms with Gasteiger partial charge < -0.3 is 10.1 Å². The van der Waals surface area contributed by atoms with Crippen LogP contribution >= 0.6 is 15.9 Å². The Morgan fingerprint density at radius 2 is 2.36 bits per heavy atom. The molecule has 0 spiro atoms. The normalized spacial score (nSPS) is 9.64. The molecule has 0 heterocycles. The predicted octanol–water partition coefficient (Wildman–Crippen LogP) is 3.15. The van der Waals surface area contributed by atoms with Crippen LogP contribution in [0.5, 0.6) is 5.75 Å². The molecule has 0 radical (unpaired) electrons. The van der Waals surface area contributed by atoms with Gasteiger partial charge in [0.2, 0.25) is 0 Å². The molecule has 0 aliphatic heterocycles. The first-order valence-corrected chi connectivity index (χ1v) is 4.83. The molecule has 76 valence electrons. The molecule has 0 saturated heterocycles. The van der Waals surface area contributed by atoms with Crippen molar-refractivity contribution in [3.63, 3.8) is 0 Å². The molecule has 1 rings (SSSR count). The van der Waals surface area contributed by atoms with Gasteiger partial charge in [0, 0.05) is 22.8 Å². The number of methoxy groups -OCH3 is 1. The van der Waals surface area contributed by atoms with E-state index in [0.717, 1.165) is 4.48 Å². The van der Waals surface area contributed by atoms with Gasteiger partial charge in [-0.1, -0.05) is 22.5 Å². The summed E-state index contributed by atoms with van der Waals surface area (Å²) in [4.78, 5) is 0. The van der Waals surface area contributed by atoms with E-state index in [4.69, 9.17) is 4.74 Å². The maximum atomic E-state index is 13.2. The lowest BCUT2D eigenvalue weighted by molar-refractivity contribution is 0.386. The fraction of sp³-hybridized carbons (Fsp3) is 0.200. The second-order valence-electron chi connectivity index (χ2n) is 2.72. The number of hydrogen-bond acceptors (Lipinski definition) is 2. The zero-order valence-electron chi connectivity index (χ0n) is 7.81. The number of rotatable bonds is 4. The third kappa shape index (κ3) is 3.03. The average molecular weight is 260 g/mol. The molecule has 0 atom stereocenters. The first kappa shape index (κ1) is 11.0. The first-order chi connectivity index (χ1) is 6.63. The van der Waals surface area contributed by atoms with E-state index in [2.05, 4.69) is 27.8 Å². The average Bonchev–Trinajstić information content (AvgIpc) is 2.15. The van der Waals surface area contributed by atoms with Crippen molar-refractivity contribution in [2.24, 2.45) is 0 Å². The van der Waals surface area contributed by atoms with Crippen molar-refractivity contribution in [2.45, 2.75) is 0 Å². The number of halogens is 2. The monoisotopic (exact) mass is 259 g/mol. The van der Waals surface area contributed by atoms with E-state index in [-0.39, 0.29) is 11.6 Å². The number of anilines is 1. The van der Waals surface area contributed by atoms with Crippen LogP contribution in [0.25, 0.3) is 0 Å². The molecule has 14 heavy (non-hydrogen) atoms. The maximum Gasteiger partial charge on any atom is 0.167 e. The van der Waals surface area contributed by atoms with Crippen LogP contribution in [0, 0.1) is 5.82 Å². The van der Waals surface area contributed by atoms with E-state index >= 15 is 0 Å². The Hall–Kier alpha value is -1.03. The fourth-order valence-corrected chi connectivity index (χ4v) is 1.11. The van der Waals surface area contributed by atoms with Crippen molar-refractivity contribution in [3.8, 4) is 5.75 Å². The van der Waals surface area contributed by atoms with Crippen LogP contribution in [-0.2, 0) is 0 Å². The predicted molar refractivity (Wildman–Crippen MR) is 59.5 cm³/mol. The highest BCUT2D eigenvalue weighted by molar-refractivity contribution is 9.11. The Labute approximate surface area is 90.9 Å². The Kier molecular flexibility index (Phi) is 3.95. The minimum absolute atomic E-state index is 0.244. The highest BCUT2D eigenvalue weighted by Crippen LogP contribution is 2.20. The van der Waals surface area contributed by atoms with Gasteiger partial charge in [-0.2, -0.15) is 0 Å². The van der Waals surface area contributed by atoms with E-state index < -0.39 is 0 Å². The minimum atomic E-state index is -0.377. The van der Waals surface area contributed by atoms with Gasteiger partial charge in [-0.05, 0) is 12.1 Å². The van der Waals surface area contributed by atoms with Gasteiger partial charge in [-0.25, -0.2) is 4.39 Å². The summed E-state index contributed by atoms with van der Waals surface area (Å²) in [6, 6.07) is 4.71. The van der Waals surface area contributed by atoms with Crippen LogP contribution in [-0.4, -0.2) is 13.7 Å². The molecule has 0 saturated carbocycles. The number of nitrogens with one attached hydrogen (secondary N) is 1. The molecule has 0 aliphatic carbocycles. The molecular weight excluding hydrogens is 249 g/mol. The summed E-state index contributed by atoms with van der Waals surface area (Å²) in [5.74, 6) is -0.133. The Morgan fingerprint density at radius 3 is 2.86 bits per heavy atom. The van der Waals surface area contributed by atoms with Gasteiger partial charge in [0.15, 0.2) is 11.6 Å². The summed E-state index contributed by atoms with van der Waals surface area (Å²) in [5, 5.41) is 2.99. The SMILES string of the molecule is C=C(Br)CNc1ccc(OC)c(F)c1. The lowest BCUT2D eigenvalue weighted by Gasteiger charge is -2.07. The smallest absolute Gasteiger partial charge is 0.167 e. The summed E-state index contributed by atoms with van der Waals surface area (Å²) >= 11 is 3.20. The topological polar surface area (TPSA) is 21.3 Å². The van der Waals surface area contributed by atoms with Gasteiger partial charge >= 0.3 is 0 Å². The molecule has 0 amide bonds. The van der Waals surface area contributed by atoms with Gasteiger partial charge in [0.05, 0.1) is 7.11 Å². The van der Waals surface area contributed by atoms with Crippen molar-refractivity contribution in [1.29, 1.82) is 0 Å². The zero-order valence-corrected chi connectivity index (χ0v) is 9.40. The number of ether oxygens (including phenoxy) is 1. The standard InChI is InChI=1S/C10H11BrFNO/c1-7(11)6-13-8-3-4-10(14-2)9(12)5-8/h3-5,13H,1,6H2,2H3. The van der Waals surface area contributed by atoms with Gasteiger partial charge in [-0.15, -0.1) is 0 Å². The number of benzene rings is 1. The van der Waals surface area contributed by atoms with Crippen LogP contribution in [0.3, 0.4) is 0 Å². The molecule has 0 unspecified atom stereocenters. The van der Waals surface area contributed by atoms with Crippen LogP contribution in [0.4, 0.5) is 10.1 Å². The highest BCUT2D eigenvalue weighted by Gasteiger charge is 2.02. The molecule has 0 fully saturated rings. The summed E-state index contributed by atoms with van der Waals surface area (Å²) in [5.41, 5.74) is 0.698. The van der Waals surface area contributed by atoms with Crippen molar-refractivity contribution in [1.82, 2.24) is 0 Å². The summed E-state index contributed by atoms with van der Waals surface area (Å²) in [6.07, 6.45) is 0. The van der Waals surface area contributed by atoms with Gasteiger partial charge in [0.1, 0.15) is 0 Å². The van der Waals surface area contributed by atoms with Crippen LogP contribution in [0.15, 0.2) is 29.3 Å². The molecule has 4 heteroatoms. The van der Waals surface area contributed by atoms with Crippen molar-refractivity contribution in [2.75, 3.05) is 19.0 Å². The fourth-order valence-electron chi connectivity index (χ4n) is 0.974. The molecule has 2 nitrogen and oxygen atoms in total. The third-order valence-electron chi connectivity index (χ3n) is 1.64. The lowest BCUT2D eigenvalue weighted by atomic mass is 10.3. The second-order valence-corrected chi connectivity index (χ2v) is 3.84. The van der Waals surface area contributed by atoms with E-state index in [1.807, 2.05) is 0 Å². The lowest BCUT2D eigenvalue weighted by Crippen LogP contribution is -2.01. The maximum absolute atomic E-state index is 13.2. The molecule has 0 aromatic heterocycles. The van der Waals surface area contributed by atoms with E-state index in [1.54, 1.807) is 12.1 Å². The summed E-state index contributed by atoms with van der Waals surface area (Å²) in [7, 11) is 1.44. The van der Waals surface area contributed by atoms with Crippen molar-refractivity contribution >= 4 is 21.6 Å². The molecule has 0 aliphatic rings. The molecule has 1 aromatic carbocycles. The molecule has 1 aromatic rings. The van der Waals surface area contributed by atoms with Crippen LogP contribution in [0.1, 0.15) is 0 Å². The summed E-state index contributed by atoms with van der Waals surface area (Å²) in [6.45, 7) is 4.22. The van der Waals surface area contributed by atoms with E-state index in [9.17, 15) is 4.39 Å². The third-order valence-corrected chi connectivity index (χ3v) is 1.92. The van der Waals surface area contributed by atoms with Crippen molar-refractivity contribution < 1.29 is 9.13 Å². The number of hydrogen-bond donors (Lipinski definition) is 1. The Balaban J connectivity index is 2.71. The zero-order chi connectivity index (χ0) is 10.6. The Bertz CT molecular complexity index is 341. The largest absolute Gasteiger partial charge is 0.494 e. The molecular formula is C10H11BrFNO. The van der Waals surface area contributed by atoms with E-state index in [1.165, 1.54) is 13.2 Å². The second kappa shape index (κ2) is 5.00. The van der Waals surface area contributed by atoms with Crippen LogP contribution < -0.4 is 10.1 Å². The first-order valence-electron chi connectivity index (χ1n) is 4.04. The summed E-state index contributed by atoms with van der Waals surface area (Å²) < 4.78 is 18.8. The quantitative estimate of drug-likeness (QED) is 0.897. The highest BCUT2D eigenvalue weighted by atomic mass is 79.9.